The van der Waals surface area contributed by atoms with Crippen LogP contribution in [0.2, 0.25) is 5.02 Å². The fourth-order valence-electron chi connectivity index (χ4n) is 1.53. The van der Waals surface area contributed by atoms with Gasteiger partial charge in [0.25, 0.3) is 0 Å². The molecule has 0 saturated carbocycles. The summed E-state index contributed by atoms with van der Waals surface area (Å²) in [6, 6.07) is 4.28. The van der Waals surface area contributed by atoms with Crippen molar-refractivity contribution in [2.45, 2.75) is 32.4 Å². The zero-order valence-electron chi connectivity index (χ0n) is 9.50. The van der Waals surface area contributed by atoms with Crippen LogP contribution in [0.15, 0.2) is 18.2 Å². The van der Waals surface area contributed by atoms with E-state index in [9.17, 15) is 9.50 Å². The van der Waals surface area contributed by atoms with E-state index in [1.807, 2.05) is 13.8 Å². The monoisotopic (exact) mass is 245 g/mol. The Labute approximate surface area is 100 Å². The Bertz CT molecular complexity index is 326. The Morgan fingerprint density at radius 1 is 1.50 bits per heavy atom. The lowest BCUT2D eigenvalue weighted by molar-refractivity contribution is 0.231. The van der Waals surface area contributed by atoms with Crippen molar-refractivity contribution in [3.05, 3.63) is 34.6 Å². The first kappa shape index (κ1) is 13.4. The number of hydrogen-bond donors (Lipinski definition) is 2. The average Bonchev–Trinajstić information content (AvgIpc) is 2.27. The second-order valence-corrected chi connectivity index (χ2v) is 4.25. The molecule has 0 bridgehead atoms. The van der Waals surface area contributed by atoms with Crippen LogP contribution in [0.1, 0.15) is 31.9 Å². The molecule has 0 heterocycles. The maximum absolute atomic E-state index is 13.6. The molecule has 1 aromatic carbocycles. The van der Waals surface area contributed by atoms with Crippen molar-refractivity contribution in [2.24, 2.45) is 0 Å². The van der Waals surface area contributed by atoms with Gasteiger partial charge in [-0.3, -0.25) is 0 Å². The minimum absolute atomic E-state index is 0.176. The second-order valence-electron chi connectivity index (χ2n) is 3.85. The smallest absolute Gasteiger partial charge is 0.129 e. The molecule has 0 saturated heterocycles. The molecule has 2 nitrogen and oxygen atoms in total. The third-order valence-corrected chi connectivity index (χ3v) is 2.96. The second kappa shape index (κ2) is 6.18. The molecule has 16 heavy (non-hydrogen) atoms. The number of rotatable bonds is 5. The summed E-state index contributed by atoms with van der Waals surface area (Å²) >= 11 is 5.94. The number of hydrogen-bond acceptors (Lipinski definition) is 2. The molecule has 0 aliphatic rings. The van der Waals surface area contributed by atoms with Gasteiger partial charge in [0, 0.05) is 16.6 Å². The van der Waals surface area contributed by atoms with Gasteiger partial charge in [-0.1, -0.05) is 24.6 Å². The first-order chi connectivity index (χ1) is 7.60. The van der Waals surface area contributed by atoms with E-state index in [-0.39, 0.29) is 18.5 Å². The molecule has 0 fully saturated rings. The number of aliphatic hydroxyl groups is 1. The zero-order chi connectivity index (χ0) is 12.1. The molecule has 0 aromatic heterocycles. The summed E-state index contributed by atoms with van der Waals surface area (Å²) in [6.07, 6.45) is 0.905. The van der Waals surface area contributed by atoms with Crippen LogP contribution in [0.4, 0.5) is 4.39 Å². The molecule has 0 aliphatic carbocycles. The number of benzene rings is 1. The summed E-state index contributed by atoms with van der Waals surface area (Å²) in [5.41, 5.74) is 0.340. The van der Waals surface area contributed by atoms with Gasteiger partial charge in [0.2, 0.25) is 0 Å². The minimum Gasteiger partial charge on any atom is -0.394 e. The van der Waals surface area contributed by atoms with Crippen LogP contribution in [0.25, 0.3) is 0 Å². The van der Waals surface area contributed by atoms with Crippen LogP contribution in [-0.4, -0.2) is 17.8 Å². The van der Waals surface area contributed by atoms with Crippen molar-refractivity contribution in [3.63, 3.8) is 0 Å². The summed E-state index contributed by atoms with van der Waals surface area (Å²) in [4.78, 5) is 0. The van der Waals surface area contributed by atoms with Crippen LogP contribution < -0.4 is 5.32 Å². The minimum atomic E-state index is -0.455. The molecule has 2 N–H and O–H groups in total. The number of halogens is 2. The highest BCUT2D eigenvalue weighted by Crippen LogP contribution is 2.26. The van der Waals surface area contributed by atoms with E-state index >= 15 is 0 Å². The topological polar surface area (TPSA) is 32.3 Å². The summed E-state index contributed by atoms with van der Waals surface area (Å²) in [7, 11) is 0. The van der Waals surface area contributed by atoms with Gasteiger partial charge in [0.15, 0.2) is 0 Å². The first-order valence-corrected chi connectivity index (χ1v) is 5.78. The van der Waals surface area contributed by atoms with Crippen molar-refractivity contribution in [3.8, 4) is 0 Å². The van der Waals surface area contributed by atoms with Crippen LogP contribution in [0.3, 0.4) is 0 Å². The Balaban J connectivity index is 2.94. The number of aliphatic hydroxyl groups excluding tert-OH is 1. The Morgan fingerprint density at radius 3 is 2.69 bits per heavy atom. The van der Waals surface area contributed by atoms with Crippen molar-refractivity contribution in [1.82, 2.24) is 5.32 Å². The van der Waals surface area contributed by atoms with E-state index in [0.29, 0.717) is 10.6 Å². The lowest BCUT2D eigenvalue weighted by Crippen LogP contribution is -2.32. The molecule has 0 aliphatic heterocycles. The van der Waals surface area contributed by atoms with E-state index in [1.54, 1.807) is 12.1 Å². The third kappa shape index (κ3) is 3.17. The standard InChI is InChI=1S/C12H17ClFNO/c1-3-8(2)15-11(7-16)12-9(13)5-4-6-10(12)14/h4-6,8,11,15-16H,3,7H2,1-2H3. The summed E-state index contributed by atoms with van der Waals surface area (Å²) in [6.45, 7) is 3.83. The Kier molecular flexibility index (Phi) is 5.19. The molecule has 2 atom stereocenters. The lowest BCUT2D eigenvalue weighted by atomic mass is 10.1. The third-order valence-electron chi connectivity index (χ3n) is 2.63. The molecule has 4 heteroatoms. The van der Waals surface area contributed by atoms with Gasteiger partial charge in [-0.05, 0) is 25.5 Å². The van der Waals surface area contributed by atoms with Gasteiger partial charge < -0.3 is 10.4 Å². The maximum atomic E-state index is 13.6. The van der Waals surface area contributed by atoms with E-state index in [2.05, 4.69) is 5.32 Å². The predicted octanol–water partition coefficient (Wildman–Crippen LogP) is 2.90. The average molecular weight is 246 g/mol. The van der Waals surface area contributed by atoms with Gasteiger partial charge in [-0.25, -0.2) is 4.39 Å². The summed E-state index contributed by atoms with van der Waals surface area (Å²) < 4.78 is 13.6. The molecule has 0 spiro atoms. The summed E-state index contributed by atoms with van der Waals surface area (Å²) in [5.74, 6) is -0.387. The normalized spacial score (nSPS) is 14.8. The van der Waals surface area contributed by atoms with E-state index in [4.69, 9.17) is 11.6 Å². The van der Waals surface area contributed by atoms with Crippen molar-refractivity contribution < 1.29 is 9.50 Å². The maximum Gasteiger partial charge on any atom is 0.129 e. The van der Waals surface area contributed by atoms with Crippen LogP contribution >= 0.6 is 11.6 Å². The van der Waals surface area contributed by atoms with Crippen LogP contribution in [0.5, 0.6) is 0 Å². The molecule has 0 radical (unpaired) electrons. The van der Waals surface area contributed by atoms with Crippen LogP contribution in [-0.2, 0) is 0 Å². The Hall–Kier alpha value is -0.640. The fraction of sp³-hybridized carbons (Fsp3) is 0.500. The van der Waals surface area contributed by atoms with E-state index < -0.39 is 6.04 Å². The van der Waals surface area contributed by atoms with E-state index in [1.165, 1.54) is 6.07 Å². The highest BCUT2D eigenvalue weighted by atomic mass is 35.5. The molecule has 0 amide bonds. The fourth-order valence-corrected chi connectivity index (χ4v) is 1.83. The van der Waals surface area contributed by atoms with Crippen molar-refractivity contribution in [2.75, 3.05) is 6.61 Å². The largest absolute Gasteiger partial charge is 0.394 e. The van der Waals surface area contributed by atoms with Gasteiger partial charge in [0.1, 0.15) is 5.82 Å². The predicted molar refractivity (Wildman–Crippen MR) is 64.1 cm³/mol. The Morgan fingerprint density at radius 2 is 2.19 bits per heavy atom. The van der Waals surface area contributed by atoms with Gasteiger partial charge in [-0.2, -0.15) is 0 Å². The first-order valence-electron chi connectivity index (χ1n) is 5.41. The van der Waals surface area contributed by atoms with Crippen LogP contribution in [0, 0.1) is 5.82 Å². The SMILES string of the molecule is CCC(C)NC(CO)c1c(F)cccc1Cl. The molecule has 90 valence electrons. The molecule has 1 rings (SSSR count). The van der Waals surface area contributed by atoms with Gasteiger partial charge in [-0.15, -0.1) is 0 Å². The van der Waals surface area contributed by atoms with Crippen molar-refractivity contribution in [1.29, 1.82) is 0 Å². The van der Waals surface area contributed by atoms with E-state index in [0.717, 1.165) is 6.42 Å². The highest BCUT2D eigenvalue weighted by Gasteiger charge is 2.19. The van der Waals surface area contributed by atoms with Gasteiger partial charge in [0.05, 0.1) is 12.6 Å². The molecule has 2 unspecified atom stereocenters. The quantitative estimate of drug-likeness (QED) is 0.836. The zero-order valence-corrected chi connectivity index (χ0v) is 10.3. The lowest BCUT2D eigenvalue weighted by Gasteiger charge is -2.22. The molecular formula is C12H17ClFNO. The number of nitrogens with one attached hydrogen (secondary N) is 1. The molecule has 1 aromatic rings. The summed E-state index contributed by atoms with van der Waals surface area (Å²) in [5, 5.41) is 12.8. The van der Waals surface area contributed by atoms with Crippen molar-refractivity contribution >= 4 is 11.6 Å². The molecular weight excluding hydrogens is 229 g/mol. The highest BCUT2D eigenvalue weighted by molar-refractivity contribution is 6.31. The van der Waals surface area contributed by atoms with Gasteiger partial charge >= 0.3 is 0 Å².